The van der Waals surface area contributed by atoms with Gasteiger partial charge >= 0.3 is 5.97 Å². The standard InChI is InChI=1S/C9H17NO4S/c11-9(12)5-6-10-15(13,14)7-8-3-1-2-4-8/h8,10H,1-7H2,(H,11,12). The number of rotatable bonds is 6. The first kappa shape index (κ1) is 12.4. The van der Waals surface area contributed by atoms with Crippen LogP contribution < -0.4 is 4.72 Å². The molecule has 0 unspecified atom stereocenters. The minimum absolute atomic E-state index is 0.00954. The summed E-state index contributed by atoms with van der Waals surface area (Å²) in [5, 5.41) is 8.36. The normalized spacial score (nSPS) is 18.1. The number of carbonyl (C=O) groups is 1. The Labute approximate surface area is 89.9 Å². The monoisotopic (exact) mass is 235 g/mol. The molecule has 1 fully saturated rings. The van der Waals surface area contributed by atoms with E-state index < -0.39 is 16.0 Å². The summed E-state index contributed by atoms with van der Waals surface area (Å²) in [5.74, 6) is -0.585. The van der Waals surface area contributed by atoms with Crippen molar-refractivity contribution in [3.05, 3.63) is 0 Å². The minimum atomic E-state index is -3.27. The summed E-state index contributed by atoms with van der Waals surface area (Å²) in [7, 11) is -3.27. The summed E-state index contributed by atoms with van der Waals surface area (Å²) >= 11 is 0. The van der Waals surface area contributed by atoms with Gasteiger partial charge in [-0.25, -0.2) is 13.1 Å². The zero-order valence-electron chi connectivity index (χ0n) is 8.61. The number of carboxylic acid groups (broad SMARTS) is 1. The number of sulfonamides is 1. The predicted molar refractivity (Wildman–Crippen MR) is 56.0 cm³/mol. The molecule has 1 aliphatic carbocycles. The lowest BCUT2D eigenvalue weighted by Crippen LogP contribution is -2.30. The van der Waals surface area contributed by atoms with Crippen LogP contribution in [0.3, 0.4) is 0 Å². The van der Waals surface area contributed by atoms with Crippen LogP contribution in [-0.4, -0.2) is 31.8 Å². The Bertz CT molecular complexity index is 306. The average molecular weight is 235 g/mol. The van der Waals surface area contributed by atoms with Gasteiger partial charge in [-0.2, -0.15) is 0 Å². The van der Waals surface area contributed by atoms with Gasteiger partial charge in [0.1, 0.15) is 0 Å². The second-order valence-corrected chi connectivity index (χ2v) is 5.82. The van der Waals surface area contributed by atoms with Gasteiger partial charge < -0.3 is 5.11 Å². The van der Waals surface area contributed by atoms with E-state index in [1.54, 1.807) is 0 Å². The maximum Gasteiger partial charge on any atom is 0.304 e. The first-order valence-corrected chi connectivity index (χ1v) is 6.84. The molecule has 0 amide bonds. The first-order valence-electron chi connectivity index (χ1n) is 5.19. The number of nitrogens with one attached hydrogen (secondary N) is 1. The van der Waals surface area contributed by atoms with Crippen LogP contribution in [0.1, 0.15) is 32.1 Å². The lowest BCUT2D eigenvalue weighted by atomic mass is 10.1. The SMILES string of the molecule is O=C(O)CCNS(=O)(=O)CC1CCCC1. The van der Waals surface area contributed by atoms with Gasteiger partial charge in [-0.15, -0.1) is 0 Å². The fraction of sp³-hybridized carbons (Fsp3) is 0.889. The van der Waals surface area contributed by atoms with Gasteiger partial charge in [0, 0.05) is 6.54 Å². The summed E-state index contributed by atoms with van der Waals surface area (Å²) in [6.07, 6.45) is 3.99. The first-order chi connectivity index (χ1) is 6.99. The van der Waals surface area contributed by atoms with Gasteiger partial charge in [0.2, 0.25) is 10.0 Å². The molecule has 6 heteroatoms. The van der Waals surface area contributed by atoms with Crippen molar-refractivity contribution in [3.8, 4) is 0 Å². The number of hydrogen-bond donors (Lipinski definition) is 2. The van der Waals surface area contributed by atoms with Crippen molar-refractivity contribution in [2.24, 2.45) is 5.92 Å². The summed E-state index contributed by atoms with van der Waals surface area (Å²) in [6, 6.07) is 0. The molecule has 1 aliphatic rings. The van der Waals surface area contributed by atoms with Crippen molar-refractivity contribution >= 4 is 16.0 Å². The van der Waals surface area contributed by atoms with Crippen LogP contribution in [0.5, 0.6) is 0 Å². The molecule has 0 radical (unpaired) electrons. The summed E-state index contributed by atoms with van der Waals surface area (Å²) in [6.45, 7) is -0.00954. The van der Waals surface area contributed by atoms with E-state index >= 15 is 0 Å². The van der Waals surface area contributed by atoms with Crippen LogP contribution in [0.4, 0.5) is 0 Å². The van der Waals surface area contributed by atoms with Crippen molar-refractivity contribution in [2.45, 2.75) is 32.1 Å². The number of aliphatic carboxylic acids is 1. The molecular formula is C9H17NO4S. The number of carboxylic acids is 1. The molecule has 5 nitrogen and oxygen atoms in total. The van der Waals surface area contributed by atoms with Crippen molar-refractivity contribution in [1.29, 1.82) is 0 Å². The van der Waals surface area contributed by atoms with Gasteiger partial charge in [-0.1, -0.05) is 12.8 Å². The summed E-state index contributed by atoms with van der Waals surface area (Å²) in [4.78, 5) is 10.2. The van der Waals surface area contributed by atoms with Gasteiger partial charge in [0.25, 0.3) is 0 Å². The van der Waals surface area contributed by atoms with Crippen LogP contribution in [0.25, 0.3) is 0 Å². The molecule has 1 saturated carbocycles. The predicted octanol–water partition coefficient (Wildman–Crippen LogP) is 0.571. The zero-order valence-corrected chi connectivity index (χ0v) is 9.42. The molecule has 0 saturated heterocycles. The second kappa shape index (κ2) is 5.46. The lowest BCUT2D eigenvalue weighted by Gasteiger charge is -2.10. The van der Waals surface area contributed by atoms with Gasteiger partial charge in [-0.05, 0) is 18.8 Å². The topological polar surface area (TPSA) is 83.5 Å². The summed E-state index contributed by atoms with van der Waals surface area (Å²) in [5.41, 5.74) is 0. The van der Waals surface area contributed by atoms with Gasteiger partial charge in [-0.3, -0.25) is 4.79 Å². The van der Waals surface area contributed by atoms with Crippen molar-refractivity contribution in [3.63, 3.8) is 0 Å². The Morgan fingerprint density at radius 1 is 1.33 bits per heavy atom. The Kier molecular flexibility index (Phi) is 4.53. The highest BCUT2D eigenvalue weighted by atomic mass is 32.2. The Morgan fingerprint density at radius 3 is 2.47 bits per heavy atom. The molecule has 0 aromatic carbocycles. The van der Waals surface area contributed by atoms with E-state index in [0.29, 0.717) is 0 Å². The van der Waals surface area contributed by atoms with Crippen LogP contribution >= 0.6 is 0 Å². The van der Waals surface area contributed by atoms with Crippen molar-refractivity contribution < 1.29 is 18.3 Å². The molecule has 0 aromatic rings. The van der Waals surface area contributed by atoms with E-state index in [2.05, 4.69) is 4.72 Å². The van der Waals surface area contributed by atoms with E-state index in [4.69, 9.17) is 5.11 Å². The van der Waals surface area contributed by atoms with Crippen LogP contribution in [0.15, 0.2) is 0 Å². The third kappa shape index (κ3) is 5.13. The van der Waals surface area contributed by atoms with E-state index in [1.807, 2.05) is 0 Å². The molecule has 0 spiro atoms. The molecule has 0 heterocycles. The van der Waals surface area contributed by atoms with Crippen LogP contribution in [-0.2, 0) is 14.8 Å². The maximum absolute atomic E-state index is 11.5. The molecule has 88 valence electrons. The molecule has 2 N–H and O–H groups in total. The van der Waals surface area contributed by atoms with Crippen LogP contribution in [0, 0.1) is 5.92 Å². The largest absolute Gasteiger partial charge is 0.481 e. The zero-order chi connectivity index (χ0) is 11.3. The molecule has 0 bridgehead atoms. The lowest BCUT2D eigenvalue weighted by molar-refractivity contribution is -0.136. The van der Waals surface area contributed by atoms with Crippen molar-refractivity contribution in [2.75, 3.05) is 12.3 Å². The molecular weight excluding hydrogens is 218 g/mol. The van der Waals surface area contributed by atoms with Crippen molar-refractivity contribution in [1.82, 2.24) is 4.72 Å². The smallest absolute Gasteiger partial charge is 0.304 e. The quantitative estimate of drug-likeness (QED) is 0.705. The Balaban J connectivity index is 2.28. The Hall–Kier alpha value is -0.620. The molecule has 0 aromatic heterocycles. The molecule has 0 aliphatic heterocycles. The second-order valence-electron chi connectivity index (χ2n) is 3.97. The molecule has 1 rings (SSSR count). The van der Waals surface area contributed by atoms with Crippen LogP contribution in [0.2, 0.25) is 0 Å². The molecule has 15 heavy (non-hydrogen) atoms. The highest BCUT2D eigenvalue weighted by Gasteiger charge is 2.22. The van der Waals surface area contributed by atoms with Gasteiger partial charge in [0.05, 0.1) is 12.2 Å². The highest BCUT2D eigenvalue weighted by molar-refractivity contribution is 7.89. The van der Waals surface area contributed by atoms with Gasteiger partial charge in [0.15, 0.2) is 0 Å². The van der Waals surface area contributed by atoms with E-state index in [1.165, 1.54) is 0 Å². The molecule has 0 atom stereocenters. The highest BCUT2D eigenvalue weighted by Crippen LogP contribution is 2.25. The summed E-state index contributed by atoms with van der Waals surface area (Å²) < 4.78 is 25.2. The average Bonchev–Trinajstić information content (AvgIpc) is 2.54. The Morgan fingerprint density at radius 2 is 1.93 bits per heavy atom. The third-order valence-electron chi connectivity index (χ3n) is 2.59. The van der Waals surface area contributed by atoms with E-state index in [0.717, 1.165) is 25.7 Å². The van der Waals surface area contributed by atoms with E-state index in [9.17, 15) is 13.2 Å². The number of hydrogen-bond acceptors (Lipinski definition) is 3. The minimum Gasteiger partial charge on any atom is -0.481 e. The fourth-order valence-corrected chi connectivity index (χ4v) is 3.34. The fourth-order valence-electron chi connectivity index (χ4n) is 1.86. The van der Waals surface area contributed by atoms with E-state index in [-0.39, 0.29) is 24.6 Å². The third-order valence-corrected chi connectivity index (χ3v) is 4.14. The maximum atomic E-state index is 11.5.